The summed E-state index contributed by atoms with van der Waals surface area (Å²) in [4.78, 5) is 26.0. The lowest BCUT2D eigenvalue weighted by atomic mass is 10.1. The van der Waals surface area contributed by atoms with E-state index in [0.717, 1.165) is 12.0 Å². The summed E-state index contributed by atoms with van der Waals surface area (Å²) < 4.78 is 0. The Kier molecular flexibility index (Phi) is 5.13. The Labute approximate surface area is 99.9 Å². The van der Waals surface area contributed by atoms with Crippen molar-refractivity contribution >= 4 is 11.9 Å². The largest absolute Gasteiger partial charge is 0.481 e. The highest BCUT2D eigenvalue weighted by Gasteiger charge is 2.09. The van der Waals surface area contributed by atoms with E-state index in [-0.39, 0.29) is 12.3 Å². The van der Waals surface area contributed by atoms with Crippen molar-refractivity contribution in [2.45, 2.75) is 26.2 Å². The van der Waals surface area contributed by atoms with Crippen LogP contribution in [0.2, 0.25) is 0 Å². The van der Waals surface area contributed by atoms with Crippen LogP contribution in [0.5, 0.6) is 0 Å². The van der Waals surface area contributed by atoms with Gasteiger partial charge in [-0.05, 0) is 24.5 Å². The summed E-state index contributed by atoms with van der Waals surface area (Å²) in [6, 6.07) is 1.67. The highest BCUT2D eigenvalue weighted by atomic mass is 16.4. The molecule has 0 aliphatic rings. The number of pyridine rings is 1. The first-order valence-electron chi connectivity index (χ1n) is 5.58. The normalized spacial score (nSPS) is 9.94. The second-order valence-corrected chi connectivity index (χ2v) is 3.64. The molecule has 1 rings (SSSR count). The van der Waals surface area contributed by atoms with Gasteiger partial charge in [0.25, 0.3) is 5.91 Å². The molecule has 0 aromatic carbocycles. The van der Waals surface area contributed by atoms with Crippen molar-refractivity contribution in [3.05, 3.63) is 29.6 Å². The average Bonchev–Trinajstić information content (AvgIpc) is 2.34. The predicted molar refractivity (Wildman–Crippen MR) is 62.8 cm³/mol. The Bertz CT molecular complexity index is 404. The van der Waals surface area contributed by atoms with Crippen molar-refractivity contribution in [2.24, 2.45) is 0 Å². The molecule has 0 unspecified atom stereocenters. The van der Waals surface area contributed by atoms with Crippen molar-refractivity contribution in [1.82, 2.24) is 10.3 Å². The number of hydrogen-bond acceptors (Lipinski definition) is 3. The van der Waals surface area contributed by atoms with Gasteiger partial charge in [0.15, 0.2) is 0 Å². The standard InChI is InChI=1S/C12H16N2O3/c1-2-9-8-13-7-5-10(9)12(17)14-6-3-4-11(15)16/h5,7-8H,2-4,6H2,1H3,(H,14,17)(H,15,16). The monoisotopic (exact) mass is 236 g/mol. The quantitative estimate of drug-likeness (QED) is 0.728. The van der Waals surface area contributed by atoms with Gasteiger partial charge in [0.2, 0.25) is 0 Å². The molecule has 17 heavy (non-hydrogen) atoms. The number of aliphatic carboxylic acids is 1. The van der Waals surface area contributed by atoms with E-state index in [2.05, 4.69) is 10.3 Å². The summed E-state index contributed by atoms with van der Waals surface area (Å²) in [5.41, 5.74) is 1.50. The number of aromatic nitrogens is 1. The summed E-state index contributed by atoms with van der Waals surface area (Å²) >= 11 is 0. The Morgan fingerprint density at radius 1 is 1.47 bits per heavy atom. The van der Waals surface area contributed by atoms with E-state index in [1.54, 1.807) is 18.5 Å². The molecule has 0 saturated carbocycles. The van der Waals surface area contributed by atoms with E-state index in [1.807, 2.05) is 6.92 Å². The molecule has 0 aliphatic heterocycles. The molecule has 0 bridgehead atoms. The maximum absolute atomic E-state index is 11.8. The molecule has 0 aliphatic carbocycles. The van der Waals surface area contributed by atoms with Gasteiger partial charge in [-0.3, -0.25) is 14.6 Å². The zero-order chi connectivity index (χ0) is 12.7. The minimum atomic E-state index is -0.850. The van der Waals surface area contributed by atoms with Crippen LogP contribution in [0.1, 0.15) is 35.7 Å². The lowest BCUT2D eigenvalue weighted by Crippen LogP contribution is -2.26. The summed E-state index contributed by atoms with van der Waals surface area (Å²) in [7, 11) is 0. The van der Waals surface area contributed by atoms with Gasteiger partial charge >= 0.3 is 5.97 Å². The smallest absolute Gasteiger partial charge is 0.303 e. The van der Waals surface area contributed by atoms with E-state index in [1.165, 1.54) is 0 Å². The van der Waals surface area contributed by atoms with Gasteiger partial charge in [0.1, 0.15) is 0 Å². The van der Waals surface area contributed by atoms with E-state index in [0.29, 0.717) is 18.5 Å². The number of nitrogens with zero attached hydrogens (tertiary/aromatic N) is 1. The zero-order valence-corrected chi connectivity index (χ0v) is 9.77. The van der Waals surface area contributed by atoms with Crippen molar-refractivity contribution < 1.29 is 14.7 Å². The minimum absolute atomic E-state index is 0.0667. The third-order valence-electron chi connectivity index (χ3n) is 2.38. The molecule has 5 heteroatoms. The van der Waals surface area contributed by atoms with Crippen LogP contribution in [-0.2, 0) is 11.2 Å². The molecule has 1 amide bonds. The van der Waals surface area contributed by atoms with Crippen LogP contribution in [-0.4, -0.2) is 28.5 Å². The van der Waals surface area contributed by atoms with Gasteiger partial charge < -0.3 is 10.4 Å². The van der Waals surface area contributed by atoms with Gasteiger partial charge in [0.05, 0.1) is 0 Å². The summed E-state index contributed by atoms with van der Waals surface area (Å²) in [6.45, 7) is 2.33. The van der Waals surface area contributed by atoms with Crippen LogP contribution in [0, 0.1) is 0 Å². The molecular formula is C12H16N2O3. The number of carbonyl (C=O) groups excluding carboxylic acids is 1. The number of amides is 1. The lowest BCUT2D eigenvalue weighted by molar-refractivity contribution is -0.137. The molecule has 0 spiro atoms. The van der Waals surface area contributed by atoms with Crippen molar-refractivity contribution in [1.29, 1.82) is 0 Å². The number of carboxylic acid groups (broad SMARTS) is 1. The first kappa shape index (κ1) is 13.2. The summed E-state index contributed by atoms with van der Waals surface area (Å²) in [5.74, 6) is -1.02. The molecule has 0 radical (unpaired) electrons. The maximum atomic E-state index is 11.8. The van der Waals surface area contributed by atoms with E-state index in [4.69, 9.17) is 5.11 Å². The number of carboxylic acids is 1. The fourth-order valence-corrected chi connectivity index (χ4v) is 1.47. The predicted octanol–water partition coefficient (Wildman–Crippen LogP) is 1.24. The molecule has 0 atom stereocenters. The average molecular weight is 236 g/mol. The van der Waals surface area contributed by atoms with Gasteiger partial charge in [-0.2, -0.15) is 0 Å². The van der Waals surface area contributed by atoms with Crippen LogP contribution in [0.25, 0.3) is 0 Å². The van der Waals surface area contributed by atoms with Crippen LogP contribution in [0.4, 0.5) is 0 Å². The topological polar surface area (TPSA) is 79.3 Å². The second kappa shape index (κ2) is 6.62. The van der Waals surface area contributed by atoms with Crippen LogP contribution >= 0.6 is 0 Å². The van der Waals surface area contributed by atoms with E-state index < -0.39 is 5.97 Å². The van der Waals surface area contributed by atoms with Gasteiger partial charge in [-0.25, -0.2) is 0 Å². The van der Waals surface area contributed by atoms with Gasteiger partial charge in [-0.1, -0.05) is 6.92 Å². The molecule has 0 fully saturated rings. The Hall–Kier alpha value is -1.91. The fraction of sp³-hybridized carbons (Fsp3) is 0.417. The molecule has 0 saturated heterocycles. The van der Waals surface area contributed by atoms with Gasteiger partial charge in [0, 0.05) is 30.9 Å². The first-order valence-corrected chi connectivity index (χ1v) is 5.58. The fourth-order valence-electron chi connectivity index (χ4n) is 1.47. The van der Waals surface area contributed by atoms with Gasteiger partial charge in [-0.15, -0.1) is 0 Å². The molecule has 5 nitrogen and oxygen atoms in total. The highest BCUT2D eigenvalue weighted by Crippen LogP contribution is 2.07. The number of hydrogen-bond donors (Lipinski definition) is 2. The second-order valence-electron chi connectivity index (χ2n) is 3.64. The van der Waals surface area contributed by atoms with Crippen LogP contribution in [0.3, 0.4) is 0 Å². The van der Waals surface area contributed by atoms with Crippen LogP contribution < -0.4 is 5.32 Å². The SMILES string of the molecule is CCc1cnccc1C(=O)NCCCC(=O)O. The molecule has 1 heterocycles. The van der Waals surface area contributed by atoms with E-state index in [9.17, 15) is 9.59 Å². The van der Waals surface area contributed by atoms with E-state index >= 15 is 0 Å². The first-order chi connectivity index (χ1) is 8.15. The summed E-state index contributed by atoms with van der Waals surface area (Å²) in [6.07, 6.45) is 4.49. The maximum Gasteiger partial charge on any atom is 0.303 e. The van der Waals surface area contributed by atoms with Crippen molar-refractivity contribution in [3.8, 4) is 0 Å². The molecule has 1 aromatic heterocycles. The number of carbonyl (C=O) groups is 2. The summed E-state index contributed by atoms with van der Waals surface area (Å²) in [5, 5.41) is 11.2. The molecule has 92 valence electrons. The zero-order valence-electron chi connectivity index (χ0n) is 9.77. The molecule has 1 aromatic rings. The Morgan fingerprint density at radius 2 is 2.24 bits per heavy atom. The molecular weight excluding hydrogens is 220 g/mol. The third kappa shape index (κ3) is 4.22. The number of nitrogens with one attached hydrogen (secondary N) is 1. The molecule has 2 N–H and O–H groups in total. The number of rotatable bonds is 6. The third-order valence-corrected chi connectivity index (χ3v) is 2.38. The minimum Gasteiger partial charge on any atom is -0.481 e. The van der Waals surface area contributed by atoms with Crippen LogP contribution in [0.15, 0.2) is 18.5 Å². The lowest BCUT2D eigenvalue weighted by Gasteiger charge is -2.07. The van der Waals surface area contributed by atoms with Crippen molar-refractivity contribution in [2.75, 3.05) is 6.54 Å². The Morgan fingerprint density at radius 3 is 2.88 bits per heavy atom. The van der Waals surface area contributed by atoms with Crippen molar-refractivity contribution in [3.63, 3.8) is 0 Å². The number of aryl methyl sites for hydroxylation is 1. The highest BCUT2D eigenvalue weighted by molar-refractivity contribution is 5.95. The Balaban J connectivity index is 2.49.